The average Bonchev–Trinajstić information content (AvgIpc) is 3.32. The van der Waals surface area contributed by atoms with Crippen LogP contribution in [-0.4, -0.2) is 101 Å². The summed E-state index contributed by atoms with van der Waals surface area (Å²) in [6.07, 6.45) is 2.14. The van der Waals surface area contributed by atoms with Gasteiger partial charge in [-0.1, -0.05) is 152 Å². The van der Waals surface area contributed by atoms with Gasteiger partial charge in [0.25, 0.3) is 5.91 Å². The van der Waals surface area contributed by atoms with E-state index in [1.807, 2.05) is 74.0 Å². The predicted octanol–water partition coefficient (Wildman–Crippen LogP) is 9.67. The van der Waals surface area contributed by atoms with Gasteiger partial charge < -0.3 is 19.4 Å². The summed E-state index contributed by atoms with van der Waals surface area (Å²) < 4.78 is 8.08. The first-order valence-electron chi connectivity index (χ1n) is 21.3. The van der Waals surface area contributed by atoms with Gasteiger partial charge in [0.2, 0.25) is 0 Å². The van der Waals surface area contributed by atoms with E-state index in [0.717, 1.165) is 76.7 Å². The molecule has 0 unspecified atom stereocenters. The molecule has 5 aromatic carbocycles. The topological polar surface area (TPSA) is 90.8 Å². The van der Waals surface area contributed by atoms with E-state index in [-0.39, 0.29) is 12.5 Å². The third-order valence-corrected chi connectivity index (χ3v) is 12.0. The lowest BCUT2D eigenvalue weighted by Gasteiger charge is -2.35. The number of ether oxygens (including phenoxy) is 1. The van der Waals surface area contributed by atoms with Gasteiger partial charge >= 0.3 is 0 Å². The van der Waals surface area contributed by atoms with Crippen LogP contribution in [0.3, 0.4) is 0 Å². The molecule has 11 heteroatoms. The fourth-order valence-electron chi connectivity index (χ4n) is 7.62. The molecule has 0 atom stereocenters. The number of fused-ring (bicyclic) bond motifs is 2. The molecule has 1 amide bonds. The van der Waals surface area contributed by atoms with Crippen molar-refractivity contribution in [2.24, 2.45) is 0 Å². The molecule has 0 N–H and O–H groups in total. The second-order valence-corrected chi connectivity index (χ2v) is 16.0. The number of nitrogens with zero attached hydrogens (tertiary/aromatic N) is 8. The fourth-order valence-corrected chi connectivity index (χ4v) is 8.15. The molecule has 2 saturated heterocycles. The number of hydrogen-bond acceptors (Lipinski definition) is 10. The Kier molecular flexibility index (Phi) is 14.5. The monoisotopic (exact) mass is 832 g/mol. The van der Waals surface area contributed by atoms with Crippen LogP contribution in [0.4, 0.5) is 11.6 Å². The van der Waals surface area contributed by atoms with Gasteiger partial charge in [0.05, 0.1) is 0 Å². The van der Waals surface area contributed by atoms with Crippen LogP contribution in [0.25, 0.3) is 44.1 Å². The van der Waals surface area contributed by atoms with Gasteiger partial charge in [0.15, 0.2) is 18.2 Å². The van der Waals surface area contributed by atoms with Crippen LogP contribution in [0.15, 0.2) is 121 Å². The van der Waals surface area contributed by atoms with Gasteiger partial charge in [-0.05, 0) is 39.2 Å². The largest absolute Gasteiger partial charge is 0.484 e. The molecule has 2 aliphatic rings. The van der Waals surface area contributed by atoms with Crippen LogP contribution in [0.1, 0.15) is 30.5 Å². The lowest BCUT2D eigenvalue weighted by atomic mass is 10.0. The predicted molar refractivity (Wildman–Crippen MR) is 254 cm³/mol. The minimum absolute atomic E-state index is 0.00545. The Morgan fingerprint density at radius 3 is 1.34 bits per heavy atom. The van der Waals surface area contributed by atoms with Crippen molar-refractivity contribution in [3.05, 3.63) is 138 Å². The number of carbonyl (C=O) groups excluding carboxylic acids is 1. The van der Waals surface area contributed by atoms with E-state index in [1.165, 1.54) is 21.9 Å². The van der Waals surface area contributed by atoms with Gasteiger partial charge in [-0.15, -0.1) is 20.4 Å². The van der Waals surface area contributed by atoms with E-state index in [1.54, 1.807) is 0 Å². The normalized spacial score (nSPS) is 14.2. The first-order valence-corrected chi connectivity index (χ1v) is 22.4. The molecule has 61 heavy (non-hydrogen) atoms. The van der Waals surface area contributed by atoms with Crippen molar-refractivity contribution in [1.29, 1.82) is 0 Å². The van der Waals surface area contributed by atoms with Gasteiger partial charge in [0, 0.05) is 85.0 Å². The number of anilines is 2. The van der Waals surface area contributed by atoms with Gasteiger partial charge in [-0.2, -0.15) is 0 Å². The molecule has 2 aromatic heterocycles. The third kappa shape index (κ3) is 10.3. The van der Waals surface area contributed by atoms with Crippen molar-refractivity contribution in [1.82, 2.24) is 29.6 Å². The highest BCUT2D eigenvalue weighted by Crippen LogP contribution is 2.33. The molecule has 2 fully saturated rings. The number of hydrogen-bond donors (Lipinski definition) is 0. The van der Waals surface area contributed by atoms with Gasteiger partial charge in [-0.3, -0.25) is 4.79 Å². The van der Waals surface area contributed by atoms with Crippen LogP contribution < -0.4 is 14.5 Å². The first-order chi connectivity index (χ1) is 29.8. The molecule has 2 aliphatic heterocycles. The number of benzene rings is 5. The lowest BCUT2D eigenvalue weighted by Crippen LogP contribution is -2.50. The van der Waals surface area contributed by atoms with Crippen molar-refractivity contribution in [2.45, 2.75) is 34.6 Å². The van der Waals surface area contributed by atoms with Crippen molar-refractivity contribution in [3.8, 4) is 28.3 Å². The number of carbonyl (C=O) groups is 1. The quantitative estimate of drug-likeness (QED) is 0.138. The van der Waals surface area contributed by atoms with E-state index >= 15 is 0 Å². The van der Waals surface area contributed by atoms with Crippen molar-refractivity contribution >= 4 is 51.0 Å². The minimum Gasteiger partial charge on any atom is -0.484 e. The lowest BCUT2D eigenvalue weighted by molar-refractivity contribution is -0.133. The Balaban J connectivity index is 0.000000184. The SMILES string of the molecule is CC.CSN1CCN(c2nnc(-c3ccc(C)cc3)c3ccccc23)CC1.Cc1ccc(OCC(=O)N2CCN(c3nnc(-c4ccc(C)cc4)c4ccccc34)CC2)cc1. The van der Waals surface area contributed by atoms with E-state index in [2.05, 4.69) is 140 Å². The summed E-state index contributed by atoms with van der Waals surface area (Å²) in [6, 6.07) is 41.4. The summed E-state index contributed by atoms with van der Waals surface area (Å²) >= 11 is 1.82. The van der Waals surface area contributed by atoms with Gasteiger partial charge in [0.1, 0.15) is 17.1 Å². The van der Waals surface area contributed by atoms with Crippen molar-refractivity contribution in [2.75, 3.05) is 75.0 Å². The standard InChI is InChI=1S/C28H28N4O2.C20H22N4S.C2H6/c1-20-7-11-22(12-8-20)27-24-5-3-4-6-25(24)28(30-29-27)32-17-15-31(16-18-32)26(33)19-34-23-13-9-21(2)10-14-23;1-15-7-9-16(10-8-15)19-17-5-3-4-6-18(17)20(22-21-19)23-11-13-24(25-2)14-12-23;1-2/h3-14H,15-19H2,1-2H3;3-10H,11-14H2,1-2H3;1-2H3. The molecular formula is C50H56N8O2S. The molecule has 0 saturated carbocycles. The number of piperazine rings is 2. The zero-order valence-corrected chi connectivity index (χ0v) is 37.0. The number of aromatic nitrogens is 4. The number of rotatable bonds is 8. The number of amides is 1. The molecule has 9 rings (SSSR count). The zero-order chi connectivity index (χ0) is 42.7. The molecule has 314 valence electrons. The Hall–Kier alpha value is -6.04. The first kappa shape index (κ1) is 43.1. The summed E-state index contributed by atoms with van der Waals surface area (Å²) in [5, 5.41) is 23.0. The van der Waals surface area contributed by atoms with Crippen molar-refractivity contribution in [3.63, 3.8) is 0 Å². The second-order valence-electron chi connectivity index (χ2n) is 15.1. The van der Waals surface area contributed by atoms with Crippen LogP contribution in [0.2, 0.25) is 0 Å². The Morgan fingerprint density at radius 1 is 0.525 bits per heavy atom. The molecule has 4 heterocycles. The van der Waals surface area contributed by atoms with Gasteiger partial charge in [-0.25, -0.2) is 4.31 Å². The molecule has 7 aromatic rings. The van der Waals surface area contributed by atoms with E-state index < -0.39 is 0 Å². The minimum atomic E-state index is 0.00545. The van der Waals surface area contributed by atoms with E-state index in [9.17, 15) is 4.79 Å². The highest BCUT2D eigenvalue weighted by atomic mass is 32.2. The van der Waals surface area contributed by atoms with Crippen molar-refractivity contribution < 1.29 is 9.53 Å². The Morgan fingerprint density at radius 2 is 0.918 bits per heavy atom. The highest BCUT2D eigenvalue weighted by Gasteiger charge is 2.25. The molecular weight excluding hydrogens is 777 g/mol. The maximum atomic E-state index is 12.7. The summed E-state index contributed by atoms with van der Waals surface area (Å²) in [7, 11) is 0. The van der Waals surface area contributed by atoms with Crippen LogP contribution in [-0.2, 0) is 4.79 Å². The second kappa shape index (κ2) is 20.5. The molecule has 0 aliphatic carbocycles. The van der Waals surface area contributed by atoms with E-state index in [0.29, 0.717) is 31.9 Å². The molecule has 0 spiro atoms. The highest BCUT2D eigenvalue weighted by molar-refractivity contribution is 7.96. The maximum Gasteiger partial charge on any atom is 0.260 e. The molecule has 0 bridgehead atoms. The summed E-state index contributed by atoms with van der Waals surface area (Å²) in [5.74, 6) is 2.60. The average molecular weight is 833 g/mol. The summed E-state index contributed by atoms with van der Waals surface area (Å²) in [5.41, 5.74) is 7.66. The Bertz CT molecular complexity index is 2520. The van der Waals surface area contributed by atoms with Crippen LogP contribution >= 0.6 is 11.9 Å². The Labute approximate surface area is 364 Å². The van der Waals surface area contributed by atoms with Crippen LogP contribution in [0, 0.1) is 20.8 Å². The maximum absolute atomic E-state index is 12.7. The smallest absolute Gasteiger partial charge is 0.260 e. The fraction of sp³-hybridized carbons (Fsp3) is 0.300. The van der Waals surface area contributed by atoms with E-state index in [4.69, 9.17) is 4.74 Å². The summed E-state index contributed by atoms with van der Waals surface area (Å²) in [4.78, 5) is 19.1. The molecule has 0 radical (unpaired) electrons. The van der Waals surface area contributed by atoms with Crippen LogP contribution in [0.5, 0.6) is 5.75 Å². The molecule has 10 nitrogen and oxygen atoms in total. The zero-order valence-electron chi connectivity index (χ0n) is 36.2. The summed E-state index contributed by atoms with van der Waals surface area (Å²) in [6.45, 7) is 17.0. The third-order valence-electron chi connectivity index (χ3n) is 11.1. The number of aryl methyl sites for hydroxylation is 3.